The van der Waals surface area contributed by atoms with Gasteiger partial charge in [0.2, 0.25) is 5.89 Å². The minimum atomic E-state index is 0.489. The fourth-order valence-electron chi connectivity index (χ4n) is 2.04. The van der Waals surface area contributed by atoms with Crippen molar-refractivity contribution in [2.75, 3.05) is 0 Å². The second kappa shape index (κ2) is 3.58. The minimum Gasteiger partial charge on any atom is -0.436 e. The first-order valence-electron chi connectivity index (χ1n) is 5.68. The van der Waals surface area contributed by atoms with E-state index >= 15 is 0 Å². The van der Waals surface area contributed by atoms with Gasteiger partial charge in [0.05, 0.1) is 0 Å². The van der Waals surface area contributed by atoms with Crippen LogP contribution in [0.3, 0.4) is 0 Å². The summed E-state index contributed by atoms with van der Waals surface area (Å²) < 4.78 is 5.71. The van der Waals surface area contributed by atoms with Crippen LogP contribution < -0.4 is 4.89 Å². The van der Waals surface area contributed by atoms with E-state index in [-0.39, 0.29) is 0 Å². The molecule has 1 aliphatic rings. The van der Waals surface area contributed by atoms with Gasteiger partial charge < -0.3 is 9.30 Å². The van der Waals surface area contributed by atoms with E-state index in [1.54, 1.807) is 0 Å². The average molecular weight is 239 g/mol. The summed E-state index contributed by atoms with van der Waals surface area (Å²) in [4.78, 5) is 14.4. The Morgan fingerprint density at radius 3 is 2.94 bits per heavy atom. The highest BCUT2D eigenvalue weighted by Gasteiger charge is 2.16. The molecule has 0 saturated heterocycles. The maximum absolute atomic E-state index is 5.71. The van der Waals surface area contributed by atoms with Crippen molar-refractivity contribution in [2.45, 2.75) is 6.61 Å². The molecule has 4 rings (SSSR count). The van der Waals surface area contributed by atoms with Crippen LogP contribution in [0.2, 0.25) is 0 Å². The molecule has 0 atom stereocenters. The maximum Gasteiger partial charge on any atom is 0.227 e. The molecule has 0 radical (unpaired) electrons. The lowest BCUT2D eigenvalue weighted by Gasteiger charge is -1.97. The van der Waals surface area contributed by atoms with E-state index in [9.17, 15) is 0 Å². The van der Waals surface area contributed by atoms with Gasteiger partial charge >= 0.3 is 0 Å². The third-order valence-electron chi connectivity index (χ3n) is 2.97. The lowest BCUT2D eigenvalue weighted by atomic mass is 10.1. The first-order chi connectivity index (χ1) is 8.90. The van der Waals surface area contributed by atoms with Crippen LogP contribution in [0.1, 0.15) is 5.56 Å². The number of nitrogens with zero attached hydrogens (tertiary/aromatic N) is 1. The van der Waals surface area contributed by atoms with Crippen LogP contribution in [-0.4, -0.2) is 4.98 Å². The Hall–Kier alpha value is -2.33. The third kappa shape index (κ3) is 1.39. The maximum atomic E-state index is 5.71. The molecule has 3 aromatic rings. The quantitative estimate of drug-likeness (QED) is 0.611. The monoisotopic (exact) mass is 239 g/mol. The van der Waals surface area contributed by atoms with E-state index in [2.05, 4.69) is 4.98 Å². The van der Waals surface area contributed by atoms with Gasteiger partial charge in [-0.1, -0.05) is 18.2 Å². The van der Waals surface area contributed by atoms with Gasteiger partial charge in [0, 0.05) is 11.1 Å². The molecule has 4 nitrogen and oxygen atoms in total. The van der Waals surface area contributed by atoms with Gasteiger partial charge in [0.1, 0.15) is 12.1 Å². The molecule has 0 bridgehead atoms. The zero-order valence-electron chi connectivity index (χ0n) is 9.42. The van der Waals surface area contributed by atoms with E-state index in [0.29, 0.717) is 12.5 Å². The van der Waals surface area contributed by atoms with E-state index in [0.717, 1.165) is 28.0 Å². The van der Waals surface area contributed by atoms with Crippen molar-refractivity contribution < 1.29 is 14.2 Å². The van der Waals surface area contributed by atoms with Gasteiger partial charge in [-0.25, -0.2) is 4.98 Å². The van der Waals surface area contributed by atoms with Crippen LogP contribution in [0.4, 0.5) is 0 Å². The number of hydrogen-bond donors (Lipinski definition) is 0. The normalized spacial score (nSPS) is 13.6. The summed E-state index contributed by atoms with van der Waals surface area (Å²) in [5, 5.41) is 0. The summed E-state index contributed by atoms with van der Waals surface area (Å²) in [6.45, 7) is 0.489. The standard InChI is InChI=1S/C14H9NO3/c1-2-4-12-11(3-1)15-14(17-12)9-5-6-10-8-16-18-13(10)7-9/h1-7H,8H2. The second-order valence-electron chi connectivity index (χ2n) is 4.15. The topological polar surface area (TPSA) is 44.5 Å². The van der Waals surface area contributed by atoms with Crippen molar-refractivity contribution in [3.63, 3.8) is 0 Å². The summed E-state index contributed by atoms with van der Waals surface area (Å²) in [7, 11) is 0. The fourth-order valence-corrected chi connectivity index (χ4v) is 2.04. The minimum absolute atomic E-state index is 0.489. The Morgan fingerprint density at radius 2 is 2.00 bits per heavy atom. The number of rotatable bonds is 1. The molecule has 2 heterocycles. The van der Waals surface area contributed by atoms with Gasteiger partial charge in [-0.3, -0.25) is 0 Å². The molecule has 4 heteroatoms. The van der Waals surface area contributed by atoms with Crippen molar-refractivity contribution >= 4 is 11.1 Å². The molecule has 0 aliphatic carbocycles. The average Bonchev–Trinajstić information content (AvgIpc) is 3.04. The Labute approximate surface area is 103 Å². The Bertz CT molecular complexity index is 700. The van der Waals surface area contributed by atoms with Crippen molar-refractivity contribution in [3.8, 4) is 17.2 Å². The third-order valence-corrected chi connectivity index (χ3v) is 2.97. The molecule has 0 amide bonds. The Balaban J connectivity index is 1.86. The smallest absolute Gasteiger partial charge is 0.227 e. The molecule has 0 N–H and O–H groups in total. The zero-order valence-corrected chi connectivity index (χ0v) is 9.42. The van der Waals surface area contributed by atoms with E-state index in [1.165, 1.54) is 0 Å². The van der Waals surface area contributed by atoms with Crippen molar-refractivity contribution in [1.82, 2.24) is 4.98 Å². The number of hydrogen-bond acceptors (Lipinski definition) is 4. The van der Waals surface area contributed by atoms with Crippen LogP contribution in [0, 0.1) is 0 Å². The van der Waals surface area contributed by atoms with Gasteiger partial charge in [0.25, 0.3) is 0 Å². The van der Waals surface area contributed by atoms with Crippen LogP contribution in [0.25, 0.3) is 22.6 Å². The Morgan fingerprint density at radius 1 is 1.06 bits per heavy atom. The second-order valence-corrected chi connectivity index (χ2v) is 4.15. The number of benzene rings is 2. The van der Waals surface area contributed by atoms with Crippen molar-refractivity contribution in [2.24, 2.45) is 0 Å². The predicted molar refractivity (Wildman–Crippen MR) is 64.9 cm³/mol. The highest BCUT2D eigenvalue weighted by Crippen LogP contribution is 2.32. The Kier molecular flexibility index (Phi) is 1.92. The largest absolute Gasteiger partial charge is 0.436 e. The van der Waals surface area contributed by atoms with Crippen molar-refractivity contribution in [1.29, 1.82) is 0 Å². The van der Waals surface area contributed by atoms with Crippen molar-refractivity contribution in [3.05, 3.63) is 48.0 Å². The van der Waals surface area contributed by atoms with Crippen LogP contribution in [0.15, 0.2) is 46.9 Å². The number of fused-ring (bicyclic) bond motifs is 2. The SMILES string of the molecule is c1ccc2oc(-c3ccc4c(c3)OOC4)nc2c1. The summed E-state index contributed by atoms with van der Waals surface area (Å²) in [6.07, 6.45) is 0. The van der Waals surface area contributed by atoms with E-state index in [1.807, 2.05) is 42.5 Å². The van der Waals surface area contributed by atoms with Gasteiger partial charge in [-0.05, 0) is 24.3 Å². The summed E-state index contributed by atoms with van der Waals surface area (Å²) >= 11 is 0. The molecule has 0 spiro atoms. The first kappa shape index (κ1) is 9.67. The predicted octanol–water partition coefficient (Wildman–Crippen LogP) is 3.32. The number of para-hydroxylation sites is 2. The van der Waals surface area contributed by atoms with E-state index < -0.39 is 0 Å². The lowest BCUT2D eigenvalue weighted by molar-refractivity contribution is -0.194. The van der Waals surface area contributed by atoms with Crippen LogP contribution >= 0.6 is 0 Å². The molecular formula is C14H9NO3. The lowest BCUT2D eigenvalue weighted by Crippen LogP contribution is -1.82. The first-order valence-corrected chi connectivity index (χ1v) is 5.68. The highest BCUT2D eigenvalue weighted by atomic mass is 17.2. The zero-order chi connectivity index (χ0) is 11.9. The summed E-state index contributed by atoms with van der Waals surface area (Å²) in [5.41, 5.74) is 3.56. The van der Waals surface area contributed by atoms with Gasteiger partial charge in [-0.15, -0.1) is 0 Å². The molecule has 88 valence electrons. The fraction of sp³-hybridized carbons (Fsp3) is 0.0714. The van der Waals surface area contributed by atoms with E-state index in [4.69, 9.17) is 14.2 Å². The molecule has 1 aromatic heterocycles. The molecular weight excluding hydrogens is 230 g/mol. The molecule has 0 unspecified atom stereocenters. The summed E-state index contributed by atoms with van der Waals surface area (Å²) in [6, 6.07) is 13.5. The van der Waals surface area contributed by atoms with Gasteiger partial charge in [-0.2, -0.15) is 4.89 Å². The molecule has 0 fully saturated rings. The molecule has 2 aromatic carbocycles. The highest BCUT2D eigenvalue weighted by molar-refractivity contribution is 5.76. The van der Waals surface area contributed by atoms with Gasteiger partial charge in [0.15, 0.2) is 11.3 Å². The van der Waals surface area contributed by atoms with Crippen LogP contribution in [0.5, 0.6) is 5.75 Å². The number of aromatic nitrogens is 1. The molecule has 0 saturated carbocycles. The molecule has 18 heavy (non-hydrogen) atoms. The summed E-state index contributed by atoms with van der Waals surface area (Å²) in [5.74, 6) is 1.32. The molecule has 1 aliphatic heterocycles. The van der Waals surface area contributed by atoms with Crippen LogP contribution in [-0.2, 0) is 11.5 Å². The number of oxazole rings is 1.